The summed E-state index contributed by atoms with van der Waals surface area (Å²) in [5.74, 6) is 0. The van der Waals surface area contributed by atoms with E-state index in [1.54, 1.807) is 0 Å². The fourth-order valence-corrected chi connectivity index (χ4v) is 12.8. The van der Waals surface area contributed by atoms with Crippen LogP contribution >= 0.6 is 0 Å². The average Bonchev–Trinajstić information content (AvgIpc) is 2.58. The lowest BCUT2D eigenvalue weighted by molar-refractivity contribution is 1.23. The zero-order valence-corrected chi connectivity index (χ0v) is 23.5. The number of nitrogens with zero attached hydrogens (tertiary/aromatic N) is 2. The van der Waals surface area contributed by atoms with E-state index in [0.29, 0.717) is 0 Å². The molecule has 0 radical (unpaired) electrons. The third kappa shape index (κ3) is 4.90. The number of hydrogen-bond acceptors (Lipinski definition) is 2. The highest BCUT2D eigenvalue weighted by Crippen LogP contribution is 2.23. The minimum absolute atomic E-state index is 0.935. The molecule has 0 heterocycles. The van der Waals surface area contributed by atoms with Crippen LogP contribution in [0.4, 0.5) is 11.4 Å². The molecular formula is C22H38N2Si4. The number of benzene rings is 2. The van der Waals surface area contributed by atoms with Gasteiger partial charge in [0.05, 0.1) is 26.6 Å². The summed E-state index contributed by atoms with van der Waals surface area (Å²) in [6.07, 6.45) is 0. The van der Waals surface area contributed by atoms with Crippen LogP contribution in [0.25, 0.3) is 0 Å². The van der Waals surface area contributed by atoms with Crippen LogP contribution in [-0.4, -0.2) is 30.4 Å². The van der Waals surface area contributed by atoms with Gasteiger partial charge in [0.25, 0.3) is 0 Å². The summed E-state index contributed by atoms with van der Waals surface area (Å²) < 4.78 is 0. The van der Waals surface area contributed by atoms with Gasteiger partial charge in [-0.2, -0.15) is 10.2 Å². The van der Waals surface area contributed by atoms with Crippen molar-refractivity contribution < 1.29 is 0 Å². The normalized spacial score (nSPS) is 13.9. The molecule has 0 saturated heterocycles. The highest BCUT2D eigenvalue weighted by molar-refractivity contribution is 7.45. The fraction of sp³-hybridized carbons (Fsp3) is 0.455. The maximum atomic E-state index is 4.47. The smallest absolute Gasteiger partial charge is 0.0856 e. The third-order valence-electron chi connectivity index (χ3n) is 7.21. The van der Waals surface area contributed by atoms with Gasteiger partial charge in [-0.1, -0.05) is 100 Å². The molecule has 0 bridgehead atoms. The van der Waals surface area contributed by atoms with Gasteiger partial charge in [-0.15, -0.1) is 0 Å². The molecule has 0 fully saturated rings. The van der Waals surface area contributed by atoms with Gasteiger partial charge in [0.15, 0.2) is 0 Å². The number of azo groups is 1. The lowest BCUT2D eigenvalue weighted by Crippen LogP contribution is -2.61. The first kappa shape index (κ1) is 23.2. The van der Waals surface area contributed by atoms with E-state index < -0.39 is 30.4 Å². The minimum Gasteiger partial charge on any atom is -0.151 e. The van der Waals surface area contributed by atoms with Crippen molar-refractivity contribution in [1.29, 1.82) is 0 Å². The Morgan fingerprint density at radius 3 is 0.893 bits per heavy atom. The van der Waals surface area contributed by atoms with Crippen molar-refractivity contribution in [2.75, 3.05) is 0 Å². The van der Waals surface area contributed by atoms with Gasteiger partial charge in [0.1, 0.15) is 0 Å². The molecule has 0 atom stereocenters. The molecular weight excluding hydrogens is 405 g/mol. The molecule has 2 aromatic rings. The zero-order chi connectivity index (χ0) is 21.4. The van der Waals surface area contributed by atoms with E-state index in [2.05, 4.69) is 124 Å². The molecule has 0 aliphatic rings. The van der Waals surface area contributed by atoms with Gasteiger partial charge in [0, 0.05) is 15.2 Å². The number of rotatable bonds is 6. The molecule has 152 valence electrons. The Balaban J connectivity index is 2.17. The fourth-order valence-electron chi connectivity index (χ4n) is 2.87. The Labute approximate surface area is 176 Å². The molecule has 0 saturated carbocycles. The van der Waals surface area contributed by atoms with Gasteiger partial charge in [-0.25, -0.2) is 0 Å². The standard InChI is InChI=1S/C22H38N2Si4/c1-25(2,3)27(7,8)21-15-11-19(12-16-21)23-24-20-13-17-22(18-14-20)28(9,10)26(4,5)6/h11-18H,1-10H3. The summed E-state index contributed by atoms with van der Waals surface area (Å²) in [4.78, 5) is 0. The maximum absolute atomic E-state index is 4.47. The summed E-state index contributed by atoms with van der Waals surface area (Å²) in [5, 5.41) is 12.0. The van der Waals surface area contributed by atoms with Crippen LogP contribution in [-0.2, 0) is 0 Å². The Hall–Kier alpha value is -1.09. The Morgan fingerprint density at radius 2 is 0.679 bits per heavy atom. The van der Waals surface area contributed by atoms with Crippen LogP contribution in [0.5, 0.6) is 0 Å². The van der Waals surface area contributed by atoms with E-state index in [9.17, 15) is 0 Å². The van der Waals surface area contributed by atoms with E-state index in [1.165, 1.54) is 10.4 Å². The molecule has 0 N–H and O–H groups in total. The zero-order valence-electron chi connectivity index (χ0n) is 19.5. The molecule has 0 aromatic heterocycles. The van der Waals surface area contributed by atoms with E-state index in [-0.39, 0.29) is 0 Å². The monoisotopic (exact) mass is 442 g/mol. The minimum atomic E-state index is -1.36. The molecule has 0 aliphatic heterocycles. The van der Waals surface area contributed by atoms with Gasteiger partial charge >= 0.3 is 0 Å². The second-order valence-corrected chi connectivity index (χ2v) is 44.2. The SMILES string of the molecule is C[Si](C)(C)[Si](C)(C)c1ccc(N=Nc2ccc([Si](C)(C)[Si](C)(C)C)cc2)cc1. The van der Waals surface area contributed by atoms with E-state index >= 15 is 0 Å². The topological polar surface area (TPSA) is 24.7 Å². The molecule has 2 rings (SSSR count). The second-order valence-electron chi connectivity index (χ2n) is 11.0. The Bertz CT molecular complexity index is 753. The maximum Gasteiger partial charge on any atom is 0.0856 e. The first-order chi connectivity index (χ1) is 12.7. The Morgan fingerprint density at radius 1 is 0.429 bits per heavy atom. The molecule has 0 spiro atoms. The average molecular weight is 443 g/mol. The highest BCUT2D eigenvalue weighted by atomic mass is 29.3. The lowest BCUT2D eigenvalue weighted by atomic mass is 10.3. The van der Waals surface area contributed by atoms with Crippen molar-refractivity contribution in [2.45, 2.75) is 65.5 Å². The summed E-state index contributed by atoms with van der Waals surface area (Å²) >= 11 is 0. The first-order valence-electron chi connectivity index (χ1n) is 10.3. The van der Waals surface area contributed by atoms with Gasteiger partial charge in [-0.05, 0) is 24.3 Å². The Kier molecular flexibility index (Phi) is 6.60. The van der Waals surface area contributed by atoms with Crippen molar-refractivity contribution in [1.82, 2.24) is 0 Å². The molecule has 6 heteroatoms. The molecule has 2 aromatic carbocycles. The first-order valence-corrected chi connectivity index (χ1v) is 25.3. The summed E-state index contributed by atoms with van der Waals surface area (Å²) in [5.41, 5.74) is 1.87. The van der Waals surface area contributed by atoms with Crippen LogP contribution in [0.3, 0.4) is 0 Å². The van der Waals surface area contributed by atoms with Crippen molar-refractivity contribution in [3.05, 3.63) is 48.5 Å². The van der Waals surface area contributed by atoms with Crippen LogP contribution in [0.15, 0.2) is 58.8 Å². The molecule has 0 unspecified atom stereocenters. The lowest BCUT2D eigenvalue weighted by Gasteiger charge is -2.35. The third-order valence-corrected chi connectivity index (χ3v) is 42.5. The van der Waals surface area contributed by atoms with Crippen LogP contribution in [0.2, 0.25) is 65.5 Å². The molecule has 0 aliphatic carbocycles. The molecule has 0 amide bonds. The van der Waals surface area contributed by atoms with Crippen LogP contribution in [0.1, 0.15) is 0 Å². The van der Waals surface area contributed by atoms with Crippen LogP contribution in [0, 0.1) is 0 Å². The van der Waals surface area contributed by atoms with Crippen LogP contribution < -0.4 is 10.4 Å². The molecule has 28 heavy (non-hydrogen) atoms. The van der Waals surface area contributed by atoms with E-state index in [1.807, 2.05) is 0 Å². The molecule has 2 nitrogen and oxygen atoms in total. The summed E-state index contributed by atoms with van der Waals surface area (Å²) in [6, 6.07) is 17.6. The highest BCUT2D eigenvalue weighted by Gasteiger charge is 2.38. The van der Waals surface area contributed by atoms with Crippen molar-refractivity contribution in [3.63, 3.8) is 0 Å². The van der Waals surface area contributed by atoms with Gasteiger partial charge in [0.2, 0.25) is 0 Å². The van der Waals surface area contributed by atoms with E-state index in [0.717, 1.165) is 11.4 Å². The second kappa shape index (κ2) is 7.97. The summed E-state index contributed by atoms with van der Waals surface area (Å²) in [7, 11) is -5.03. The van der Waals surface area contributed by atoms with Crippen molar-refractivity contribution in [3.8, 4) is 0 Å². The predicted octanol–water partition coefficient (Wildman–Crippen LogP) is 6.77. The van der Waals surface area contributed by atoms with E-state index in [4.69, 9.17) is 0 Å². The quantitative estimate of drug-likeness (QED) is 0.348. The van der Waals surface area contributed by atoms with Gasteiger partial charge < -0.3 is 0 Å². The van der Waals surface area contributed by atoms with Crippen molar-refractivity contribution in [2.24, 2.45) is 10.2 Å². The summed E-state index contributed by atoms with van der Waals surface area (Å²) in [6.45, 7) is 24.9. The number of hydrogen-bond donors (Lipinski definition) is 0. The predicted molar refractivity (Wildman–Crippen MR) is 138 cm³/mol. The largest absolute Gasteiger partial charge is 0.151 e. The van der Waals surface area contributed by atoms with Crippen molar-refractivity contribution >= 4 is 52.1 Å². The van der Waals surface area contributed by atoms with Gasteiger partial charge in [-0.3, -0.25) is 0 Å².